The van der Waals surface area contributed by atoms with Gasteiger partial charge in [-0.1, -0.05) is 36.4 Å². The Morgan fingerprint density at radius 2 is 1.72 bits per heavy atom. The Kier molecular flexibility index (Phi) is 2.49. The van der Waals surface area contributed by atoms with Gasteiger partial charge in [0, 0.05) is 23.0 Å². The Hall–Kier alpha value is -2.35. The summed E-state index contributed by atoms with van der Waals surface area (Å²) in [6.07, 6.45) is 1.95. The molecule has 0 bridgehead atoms. The first-order valence-corrected chi connectivity index (χ1v) is 5.94. The fourth-order valence-electron chi connectivity index (χ4n) is 2.22. The molecule has 88 valence electrons. The highest BCUT2D eigenvalue weighted by Gasteiger charge is 2.13. The van der Waals surface area contributed by atoms with Crippen LogP contribution in [0.4, 0.5) is 0 Å². The molecule has 0 spiro atoms. The smallest absolute Gasteiger partial charge is 0.195 e. The molecule has 2 aromatic heterocycles. The summed E-state index contributed by atoms with van der Waals surface area (Å²) in [5.74, 6) is 0.0729. The van der Waals surface area contributed by atoms with Crippen molar-refractivity contribution in [3.05, 3.63) is 77.6 Å². The number of nitrogens with zero attached hydrogens (tertiary/aromatic N) is 1. The van der Waals surface area contributed by atoms with Crippen molar-refractivity contribution in [2.45, 2.75) is 6.92 Å². The van der Waals surface area contributed by atoms with Gasteiger partial charge in [0.05, 0.1) is 5.52 Å². The zero-order chi connectivity index (χ0) is 12.5. The number of benzene rings is 1. The monoisotopic (exact) mass is 235 g/mol. The van der Waals surface area contributed by atoms with Gasteiger partial charge >= 0.3 is 0 Å². The Morgan fingerprint density at radius 1 is 0.944 bits per heavy atom. The van der Waals surface area contributed by atoms with Crippen LogP contribution >= 0.6 is 0 Å². The summed E-state index contributed by atoms with van der Waals surface area (Å²) in [6, 6.07) is 17.3. The Morgan fingerprint density at radius 3 is 2.50 bits per heavy atom. The molecule has 0 fully saturated rings. The van der Waals surface area contributed by atoms with Crippen LogP contribution in [0.5, 0.6) is 0 Å². The maximum Gasteiger partial charge on any atom is 0.195 e. The van der Waals surface area contributed by atoms with Crippen LogP contribution in [-0.2, 0) is 0 Å². The molecule has 0 aliphatic rings. The van der Waals surface area contributed by atoms with E-state index in [9.17, 15) is 4.79 Å². The van der Waals surface area contributed by atoms with E-state index in [2.05, 4.69) is 0 Å². The van der Waals surface area contributed by atoms with Gasteiger partial charge < -0.3 is 4.40 Å². The molecule has 0 radical (unpaired) electrons. The standard InChI is InChI=1S/C16H13NO/c1-12-6-5-9-15-14(10-11-17(12)15)16(18)13-7-3-2-4-8-13/h2-11H,1H3. The van der Waals surface area contributed by atoms with E-state index in [0.29, 0.717) is 0 Å². The highest BCUT2D eigenvalue weighted by molar-refractivity contribution is 6.13. The second-order valence-corrected chi connectivity index (χ2v) is 4.35. The van der Waals surface area contributed by atoms with E-state index < -0.39 is 0 Å². The number of aryl methyl sites for hydroxylation is 1. The van der Waals surface area contributed by atoms with Crippen LogP contribution in [0.1, 0.15) is 21.6 Å². The molecule has 0 aliphatic carbocycles. The van der Waals surface area contributed by atoms with E-state index in [-0.39, 0.29) is 5.78 Å². The lowest BCUT2D eigenvalue weighted by atomic mass is 10.0. The number of hydrogen-bond acceptors (Lipinski definition) is 1. The van der Waals surface area contributed by atoms with E-state index in [1.54, 1.807) is 0 Å². The first-order chi connectivity index (χ1) is 8.77. The minimum absolute atomic E-state index is 0.0729. The summed E-state index contributed by atoms with van der Waals surface area (Å²) >= 11 is 0. The molecule has 0 aliphatic heterocycles. The van der Waals surface area contributed by atoms with Crippen LogP contribution in [0, 0.1) is 6.92 Å². The highest BCUT2D eigenvalue weighted by Crippen LogP contribution is 2.18. The van der Waals surface area contributed by atoms with Crippen molar-refractivity contribution in [3.63, 3.8) is 0 Å². The van der Waals surface area contributed by atoms with Gasteiger partial charge in [0.1, 0.15) is 0 Å². The van der Waals surface area contributed by atoms with E-state index >= 15 is 0 Å². The molecule has 0 atom stereocenters. The van der Waals surface area contributed by atoms with Crippen molar-refractivity contribution >= 4 is 11.3 Å². The van der Waals surface area contributed by atoms with Gasteiger partial charge in [0.25, 0.3) is 0 Å². The Bertz CT molecular complexity index is 710. The molecule has 3 rings (SSSR count). The molecule has 3 aromatic rings. The lowest BCUT2D eigenvalue weighted by Crippen LogP contribution is -2.00. The minimum atomic E-state index is 0.0729. The fourth-order valence-corrected chi connectivity index (χ4v) is 2.22. The predicted molar refractivity (Wildman–Crippen MR) is 72.0 cm³/mol. The predicted octanol–water partition coefficient (Wildman–Crippen LogP) is 3.48. The summed E-state index contributed by atoms with van der Waals surface area (Å²) in [6.45, 7) is 2.03. The number of fused-ring (bicyclic) bond motifs is 1. The third-order valence-corrected chi connectivity index (χ3v) is 3.18. The summed E-state index contributed by atoms with van der Waals surface area (Å²) < 4.78 is 2.04. The number of pyridine rings is 1. The van der Waals surface area contributed by atoms with E-state index in [0.717, 1.165) is 22.3 Å². The zero-order valence-corrected chi connectivity index (χ0v) is 10.1. The molecular formula is C16H13NO. The number of carbonyl (C=O) groups excluding carboxylic acids is 1. The average Bonchev–Trinajstić information content (AvgIpc) is 2.84. The zero-order valence-electron chi connectivity index (χ0n) is 10.1. The molecule has 2 nitrogen and oxygen atoms in total. The van der Waals surface area contributed by atoms with Crippen molar-refractivity contribution in [2.24, 2.45) is 0 Å². The summed E-state index contributed by atoms with van der Waals surface area (Å²) in [5.41, 5.74) is 3.57. The van der Waals surface area contributed by atoms with E-state index in [4.69, 9.17) is 0 Å². The van der Waals surface area contributed by atoms with Gasteiger partial charge in [-0.05, 0) is 25.1 Å². The van der Waals surface area contributed by atoms with Crippen molar-refractivity contribution in [1.82, 2.24) is 4.40 Å². The Balaban J connectivity index is 2.16. The van der Waals surface area contributed by atoms with Gasteiger partial charge in [-0.25, -0.2) is 0 Å². The van der Waals surface area contributed by atoms with Crippen molar-refractivity contribution in [2.75, 3.05) is 0 Å². The topological polar surface area (TPSA) is 21.5 Å². The Labute approximate surface area is 105 Å². The van der Waals surface area contributed by atoms with Crippen molar-refractivity contribution in [1.29, 1.82) is 0 Å². The number of ketones is 1. The number of aromatic nitrogens is 1. The molecule has 18 heavy (non-hydrogen) atoms. The number of rotatable bonds is 2. The van der Waals surface area contributed by atoms with E-state index in [1.807, 2.05) is 72.1 Å². The fraction of sp³-hybridized carbons (Fsp3) is 0.0625. The van der Waals surface area contributed by atoms with Crippen LogP contribution < -0.4 is 0 Å². The second-order valence-electron chi connectivity index (χ2n) is 4.35. The summed E-state index contributed by atoms with van der Waals surface area (Å²) in [5, 5.41) is 0. The minimum Gasteiger partial charge on any atom is -0.320 e. The van der Waals surface area contributed by atoms with Gasteiger partial charge in [-0.15, -0.1) is 0 Å². The number of hydrogen-bond donors (Lipinski definition) is 0. The van der Waals surface area contributed by atoms with E-state index in [1.165, 1.54) is 0 Å². The van der Waals surface area contributed by atoms with Crippen LogP contribution in [-0.4, -0.2) is 10.2 Å². The lowest BCUT2D eigenvalue weighted by molar-refractivity contribution is 0.104. The number of carbonyl (C=O) groups is 1. The quantitative estimate of drug-likeness (QED) is 0.623. The molecule has 1 aromatic carbocycles. The molecule has 0 N–H and O–H groups in total. The third kappa shape index (κ3) is 1.63. The summed E-state index contributed by atoms with van der Waals surface area (Å²) in [4.78, 5) is 12.4. The van der Waals surface area contributed by atoms with Gasteiger partial charge in [-0.3, -0.25) is 4.79 Å². The maximum absolute atomic E-state index is 12.4. The van der Waals surface area contributed by atoms with Gasteiger partial charge in [0.2, 0.25) is 0 Å². The van der Waals surface area contributed by atoms with Gasteiger partial charge in [-0.2, -0.15) is 0 Å². The molecule has 0 amide bonds. The normalized spacial score (nSPS) is 10.7. The molecule has 0 unspecified atom stereocenters. The third-order valence-electron chi connectivity index (χ3n) is 3.18. The average molecular weight is 235 g/mol. The second kappa shape index (κ2) is 4.15. The largest absolute Gasteiger partial charge is 0.320 e. The van der Waals surface area contributed by atoms with Crippen molar-refractivity contribution < 1.29 is 4.79 Å². The molecule has 2 heteroatoms. The molecule has 2 heterocycles. The first-order valence-electron chi connectivity index (χ1n) is 5.94. The molecule has 0 saturated carbocycles. The summed E-state index contributed by atoms with van der Waals surface area (Å²) in [7, 11) is 0. The maximum atomic E-state index is 12.4. The molecule has 0 saturated heterocycles. The van der Waals surface area contributed by atoms with Crippen LogP contribution in [0.15, 0.2) is 60.8 Å². The SMILES string of the molecule is Cc1cccc2c(C(=O)c3ccccc3)ccn12. The first kappa shape index (κ1) is 10.8. The van der Waals surface area contributed by atoms with Crippen LogP contribution in [0.2, 0.25) is 0 Å². The van der Waals surface area contributed by atoms with Gasteiger partial charge in [0.15, 0.2) is 5.78 Å². The lowest BCUT2D eigenvalue weighted by Gasteiger charge is -2.02. The molecular weight excluding hydrogens is 222 g/mol. The highest BCUT2D eigenvalue weighted by atomic mass is 16.1. The van der Waals surface area contributed by atoms with Crippen LogP contribution in [0.25, 0.3) is 5.52 Å². The van der Waals surface area contributed by atoms with Crippen molar-refractivity contribution in [3.8, 4) is 0 Å². The van der Waals surface area contributed by atoms with Crippen LogP contribution in [0.3, 0.4) is 0 Å².